The van der Waals surface area contributed by atoms with Crippen LogP contribution in [0.5, 0.6) is 0 Å². The maximum Gasteiger partial charge on any atom is 0.243 e. The molecule has 2 aromatic carbocycles. The van der Waals surface area contributed by atoms with E-state index in [4.69, 9.17) is 0 Å². The van der Waals surface area contributed by atoms with Gasteiger partial charge >= 0.3 is 0 Å². The molecule has 3 aromatic rings. The molecule has 0 radical (unpaired) electrons. The Morgan fingerprint density at radius 1 is 1.00 bits per heavy atom. The van der Waals surface area contributed by atoms with Crippen LogP contribution in [-0.2, 0) is 16.6 Å². The molecule has 8 heteroatoms. The highest BCUT2D eigenvalue weighted by molar-refractivity contribution is 7.89. The molecule has 1 aliphatic heterocycles. The normalized spacial score (nSPS) is 15.2. The van der Waals surface area contributed by atoms with Gasteiger partial charge in [-0.25, -0.2) is 8.42 Å². The zero-order valence-corrected chi connectivity index (χ0v) is 17.9. The number of rotatable bonds is 9. The number of hydrogen-bond acceptors (Lipinski definition) is 6. The molecule has 0 saturated carbocycles. The van der Waals surface area contributed by atoms with E-state index in [2.05, 4.69) is 27.1 Å². The summed E-state index contributed by atoms with van der Waals surface area (Å²) in [5.41, 5.74) is 1.09. The van der Waals surface area contributed by atoms with Gasteiger partial charge < -0.3 is 10.6 Å². The Labute approximate surface area is 176 Å². The van der Waals surface area contributed by atoms with Gasteiger partial charge in [-0.05, 0) is 67.2 Å². The molecule has 0 atom stereocenters. The second-order valence-corrected chi connectivity index (χ2v) is 9.98. The third kappa shape index (κ3) is 4.78. The Balaban J connectivity index is 1.20. The number of fused-ring (bicyclic) bond motifs is 1. The number of anilines is 1. The van der Waals surface area contributed by atoms with Crippen LogP contribution in [0.4, 0.5) is 5.82 Å². The molecule has 0 spiro atoms. The van der Waals surface area contributed by atoms with Gasteiger partial charge in [-0.3, -0.25) is 0 Å². The minimum Gasteiger partial charge on any atom is -0.369 e. The van der Waals surface area contributed by atoms with Gasteiger partial charge in [-0.15, -0.1) is 0 Å². The van der Waals surface area contributed by atoms with Gasteiger partial charge in [0.2, 0.25) is 10.0 Å². The smallest absolute Gasteiger partial charge is 0.243 e. The fraction of sp³-hybridized carbons (Fsp3) is 0.381. The summed E-state index contributed by atoms with van der Waals surface area (Å²) in [4.78, 5) is 0.392. The molecule has 2 N–H and O–H groups in total. The molecular weight excluding hydrogens is 404 g/mol. The molecule has 0 aliphatic carbocycles. The second kappa shape index (κ2) is 9.21. The largest absolute Gasteiger partial charge is 0.369 e. The summed E-state index contributed by atoms with van der Waals surface area (Å²) < 4.78 is 32.4. The van der Waals surface area contributed by atoms with Crippen molar-refractivity contribution in [3.05, 3.63) is 54.1 Å². The summed E-state index contributed by atoms with van der Waals surface area (Å²) in [6, 6.07) is 15.5. The molecule has 0 bridgehead atoms. The second-order valence-electron chi connectivity index (χ2n) is 7.24. The van der Waals surface area contributed by atoms with Crippen molar-refractivity contribution < 1.29 is 8.42 Å². The van der Waals surface area contributed by atoms with Crippen molar-refractivity contribution in [2.24, 2.45) is 0 Å². The molecule has 0 amide bonds. The van der Waals surface area contributed by atoms with E-state index in [0.717, 1.165) is 50.3 Å². The lowest BCUT2D eigenvalue weighted by Gasteiger charge is -2.15. The van der Waals surface area contributed by atoms with Gasteiger partial charge in [0.05, 0.1) is 9.60 Å². The van der Waals surface area contributed by atoms with Gasteiger partial charge in [0, 0.05) is 31.6 Å². The number of aromatic nitrogens is 1. The minimum absolute atomic E-state index is 0.392. The van der Waals surface area contributed by atoms with Crippen LogP contribution in [-0.4, -0.2) is 43.3 Å². The fourth-order valence-electron chi connectivity index (χ4n) is 3.52. The summed E-state index contributed by atoms with van der Waals surface area (Å²) in [5.74, 6) is 0.959. The van der Waals surface area contributed by atoms with Crippen LogP contribution in [0.3, 0.4) is 0 Å². The Morgan fingerprint density at radius 2 is 1.76 bits per heavy atom. The number of sulfonamides is 1. The predicted molar refractivity (Wildman–Crippen MR) is 119 cm³/mol. The number of nitrogens with zero attached hydrogens (tertiary/aromatic N) is 2. The van der Waals surface area contributed by atoms with E-state index in [-0.39, 0.29) is 0 Å². The van der Waals surface area contributed by atoms with Crippen molar-refractivity contribution in [3.63, 3.8) is 0 Å². The van der Waals surface area contributed by atoms with E-state index in [1.165, 1.54) is 21.6 Å². The molecule has 1 aromatic heterocycles. The topological polar surface area (TPSA) is 74.3 Å². The minimum atomic E-state index is -3.33. The van der Waals surface area contributed by atoms with Crippen molar-refractivity contribution in [2.75, 3.05) is 31.5 Å². The first-order valence-electron chi connectivity index (χ1n) is 10.0. The molecule has 154 valence electrons. The average molecular weight is 431 g/mol. The molecule has 29 heavy (non-hydrogen) atoms. The Morgan fingerprint density at radius 3 is 2.55 bits per heavy atom. The predicted octanol–water partition coefficient (Wildman–Crippen LogP) is 3.67. The lowest BCUT2D eigenvalue weighted by atomic mass is 10.2. The third-order valence-corrected chi connectivity index (χ3v) is 7.89. The number of benzene rings is 2. The van der Waals surface area contributed by atoms with Crippen molar-refractivity contribution in [1.29, 1.82) is 0 Å². The van der Waals surface area contributed by atoms with Crippen LogP contribution in [0.15, 0.2) is 53.4 Å². The fourth-order valence-corrected chi connectivity index (χ4v) is 5.80. The first-order chi connectivity index (χ1) is 14.1. The van der Waals surface area contributed by atoms with E-state index in [1.807, 2.05) is 24.3 Å². The third-order valence-electron chi connectivity index (χ3n) is 5.16. The standard InChI is InChI=1S/C21H26N4O2S2/c26-29(27,25-14-3-4-15-25)18-10-8-17(9-11-18)16-22-12-5-13-23-21-19-6-1-2-7-20(19)28-24-21/h1-2,6-11,22H,3-5,12-16H2,(H,23,24). The van der Waals surface area contributed by atoms with Gasteiger partial charge in [-0.2, -0.15) is 8.68 Å². The number of nitrogens with one attached hydrogen (secondary N) is 2. The number of hydrogen-bond donors (Lipinski definition) is 2. The van der Waals surface area contributed by atoms with Crippen LogP contribution in [0.2, 0.25) is 0 Å². The molecule has 2 heterocycles. The van der Waals surface area contributed by atoms with E-state index in [0.29, 0.717) is 18.0 Å². The maximum absolute atomic E-state index is 12.6. The highest BCUT2D eigenvalue weighted by Gasteiger charge is 2.26. The SMILES string of the molecule is O=S(=O)(c1ccc(CNCCCNc2nsc3ccccc23)cc1)N1CCCC1. The van der Waals surface area contributed by atoms with Gasteiger partial charge in [0.25, 0.3) is 0 Å². The summed E-state index contributed by atoms with van der Waals surface area (Å²) >= 11 is 1.52. The first-order valence-corrected chi connectivity index (χ1v) is 12.2. The molecule has 0 unspecified atom stereocenters. The summed E-state index contributed by atoms with van der Waals surface area (Å²) in [6.07, 6.45) is 2.89. The molecule has 6 nitrogen and oxygen atoms in total. The molecular formula is C21H26N4O2S2. The van der Waals surface area contributed by atoms with E-state index < -0.39 is 10.0 Å². The van der Waals surface area contributed by atoms with Crippen LogP contribution >= 0.6 is 11.5 Å². The Kier molecular flexibility index (Phi) is 6.44. The maximum atomic E-state index is 12.6. The van der Waals surface area contributed by atoms with Gasteiger partial charge in [0.15, 0.2) is 0 Å². The summed E-state index contributed by atoms with van der Waals surface area (Å²) in [5, 5.41) is 8.00. The summed E-state index contributed by atoms with van der Waals surface area (Å²) in [7, 11) is -3.33. The first kappa shape index (κ1) is 20.3. The monoisotopic (exact) mass is 430 g/mol. The lowest BCUT2D eigenvalue weighted by Crippen LogP contribution is -2.27. The van der Waals surface area contributed by atoms with Crippen molar-refractivity contribution >= 4 is 37.5 Å². The molecule has 1 aliphatic rings. The summed E-state index contributed by atoms with van der Waals surface area (Å²) in [6.45, 7) is 3.73. The van der Waals surface area contributed by atoms with Crippen molar-refractivity contribution in [3.8, 4) is 0 Å². The zero-order chi connectivity index (χ0) is 20.1. The average Bonchev–Trinajstić information content (AvgIpc) is 3.42. The molecule has 1 fully saturated rings. The van der Waals surface area contributed by atoms with E-state index in [1.54, 1.807) is 16.4 Å². The Hall–Kier alpha value is -2.00. The van der Waals surface area contributed by atoms with Crippen molar-refractivity contribution in [1.82, 2.24) is 14.0 Å². The van der Waals surface area contributed by atoms with E-state index >= 15 is 0 Å². The van der Waals surface area contributed by atoms with Crippen LogP contribution < -0.4 is 10.6 Å². The Bertz CT molecular complexity index is 1040. The van der Waals surface area contributed by atoms with Crippen LogP contribution in [0, 0.1) is 0 Å². The van der Waals surface area contributed by atoms with Crippen LogP contribution in [0.25, 0.3) is 10.1 Å². The van der Waals surface area contributed by atoms with Gasteiger partial charge in [-0.1, -0.05) is 24.3 Å². The zero-order valence-electron chi connectivity index (χ0n) is 16.3. The van der Waals surface area contributed by atoms with Crippen molar-refractivity contribution in [2.45, 2.75) is 30.7 Å². The van der Waals surface area contributed by atoms with Gasteiger partial charge in [0.1, 0.15) is 5.82 Å². The highest BCUT2D eigenvalue weighted by Crippen LogP contribution is 2.26. The van der Waals surface area contributed by atoms with E-state index in [9.17, 15) is 8.42 Å². The van der Waals surface area contributed by atoms with Crippen LogP contribution in [0.1, 0.15) is 24.8 Å². The molecule has 4 rings (SSSR count). The molecule has 1 saturated heterocycles. The highest BCUT2D eigenvalue weighted by atomic mass is 32.2. The quantitative estimate of drug-likeness (QED) is 0.507. The lowest BCUT2D eigenvalue weighted by molar-refractivity contribution is 0.477.